The Hall–Kier alpha value is -0.540. The molecule has 0 spiro atoms. The summed E-state index contributed by atoms with van der Waals surface area (Å²) in [7, 11) is 0. The summed E-state index contributed by atoms with van der Waals surface area (Å²) in [5.41, 5.74) is 0.00130. The van der Waals surface area contributed by atoms with Crippen molar-refractivity contribution in [1.82, 2.24) is 0 Å². The van der Waals surface area contributed by atoms with Crippen LogP contribution in [-0.4, -0.2) is 15.4 Å². The van der Waals surface area contributed by atoms with Gasteiger partial charge in [-0.25, -0.2) is 9.18 Å². The van der Waals surface area contributed by atoms with E-state index in [1.165, 1.54) is 0 Å². The number of hydrogen-bond donors (Lipinski definition) is 1. The third kappa shape index (κ3) is 1.79. The lowest BCUT2D eigenvalue weighted by molar-refractivity contribution is -0.132. The summed E-state index contributed by atoms with van der Waals surface area (Å²) in [6.07, 6.45) is 1.90. The molecule has 12 heavy (non-hydrogen) atoms. The van der Waals surface area contributed by atoms with Crippen molar-refractivity contribution < 1.29 is 14.3 Å². The smallest absolute Gasteiger partial charge is 0.331 e. The summed E-state index contributed by atoms with van der Waals surface area (Å²) in [5, 5.41) is 8.52. The molecule has 0 unspecified atom stereocenters. The van der Waals surface area contributed by atoms with E-state index in [9.17, 15) is 9.18 Å². The number of carbonyl (C=O) groups is 1. The summed E-state index contributed by atoms with van der Waals surface area (Å²) in [6.45, 7) is 0. The van der Waals surface area contributed by atoms with Crippen LogP contribution in [0.4, 0.5) is 4.39 Å². The van der Waals surface area contributed by atoms with Crippen molar-refractivity contribution in [3.8, 4) is 0 Å². The third-order valence-electron chi connectivity index (χ3n) is 1.47. The Morgan fingerprint density at radius 1 is 1.58 bits per heavy atom. The number of alkyl halides is 2. The van der Waals surface area contributed by atoms with Crippen LogP contribution in [0.5, 0.6) is 0 Å². The van der Waals surface area contributed by atoms with Crippen molar-refractivity contribution in [2.45, 2.75) is 10.8 Å². The Labute approximate surface area is 78.3 Å². The van der Waals surface area contributed by atoms with Crippen LogP contribution < -0.4 is 0 Å². The minimum absolute atomic E-state index is 0.00130. The highest BCUT2D eigenvalue weighted by atomic mass is 35.5. The lowest BCUT2D eigenvalue weighted by Crippen LogP contribution is -2.20. The maximum atomic E-state index is 12.8. The Kier molecular flexibility index (Phi) is 2.44. The molecule has 0 aromatic rings. The van der Waals surface area contributed by atoms with Gasteiger partial charge >= 0.3 is 5.97 Å². The molecule has 1 rings (SSSR count). The highest BCUT2D eigenvalue weighted by Crippen LogP contribution is 2.39. The van der Waals surface area contributed by atoms with Crippen LogP contribution >= 0.6 is 23.2 Å². The summed E-state index contributed by atoms with van der Waals surface area (Å²) in [4.78, 5) is 10.4. The first-order chi connectivity index (χ1) is 5.43. The number of carboxylic acids is 1. The van der Waals surface area contributed by atoms with Crippen LogP contribution in [0, 0.1) is 0 Å². The van der Waals surface area contributed by atoms with Crippen LogP contribution in [0.3, 0.4) is 0 Å². The van der Waals surface area contributed by atoms with E-state index < -0.39 is 16.1 Å². The van der Waals surface area contributed by atoms with Gasteiger partial charge in [0.05, 0.1) is 0 Å². The van der Waals surface area contributed by atoms with Crippen molar-refractivity contribution >= 4 is 29.2 Å². The molecule has 1 aliphatic rings. The van der Waals surface area contributed by atoms with Crippen LogP contribution in [0.1, 0.15) is 6.42 Å². The predicted octanol–water partition coefficient (Wildman–Crippen LogP) is 2.43. The lowest BCUT2D eigenvalue weighted by atomic mass is 10.0. The Bertz CT molecular complexity index is 281. The fourth-order valence-electron chi connectivity index (χ4n) is 0.825. The van der Waals surface area contributed by atoms with Crippen molar-refractivity contribution in [3.63, 3.8) is 0 Å². The van der Waals surface area contributed by atoms with Crippen LogP contribution in [-0.2, 0) is 4.79 Å². The fraction of sp³-hybridized carbons (Fsp3) is 0.286. The highest BCUT2D eigenvalue weighted by Gasteiger charge is 2.35. The molecular weight excluding hydrogens is 206 g/mol. The monoisotopic (exact) mass is 210 g/mol. The van der Waals surface area contributed by atoms with Crippen molar-refractivity contribution in [2.75, 3.05) is 0 Å². The molecule has 0 saturated heterocycles. The number of allylic oxidation sites excluding steroid dienone is 3. The molecule has 66 valence electrons. The van der Waals surface area contributed by atoms with Crippen LogP contribution in [0.2, 0.25) is 0 Å². The zero-order valence-corrected chi connectivity index (χ0v) is 7.36. The summed E-state index contributed by atoms with van der Waals surface area (Å²) >= 11 is 11.0. The van der Waals surface area contributed by atoms with E-state index in [1.54, 1.807) is 0 Å². The summed E-state index contributed by atoms with van der Waals surface area (Å²) in [6, 6.07) is 0. The van der Waals surface area contributed by atoms with E-state index in [-0.39, 0.29) is 12.0 Å². The largest absolute Gasteiger partial charge is 0.478 e. The molecule has 1 aliphatic carbocycles. The SMILES string of the molecule is O=C(O)C1=CC=C(F)C(Cl)(Cl)C1. The van der Waals surface area contributed by atoms with Gasteiger partial charge in [-0.3, -0.25) is 0 Å². The second-order valence-corrected chi connectivity index (χ2v) is 3.88. The van der Waals surface area contributed by atoms with E-state index in [0.29, 0.717) is 0 Å². The first-order valence-electron chi connectivity index (χ1n) is 3.11. The van der Waals surface area contributed by atoms with Gasteiger partial charge in [0.25, 0.3) is 0 Å². The third-order valence-corrected chi connectivity index (χ3v) is 2.10. The van der Waals surface area contributed by atoms with Crippen LogP contribution in [0.15, 0.2) is 23.6 Å². The maximum Gasteiger partial charge on any atom is 0.331 e. The second kappa shape index (κ2) is 3.07. The van der Waals surface area contributed by atoms with Gasteiger partial charge in [0.15, 0.2) is 4.33 Å². The Balaban J connectivity index is 2.95. The molecule has 0 fully saturated rings. The van der Waals surface area contributed by atoms with Gasteiger partial charge in [-0.15, -0.1) is 0 Å². The van der Waals surface area contributed by atoms with Gasteiger partial charge in [-0.05, 0) is 12.2 Å². The molecule has 0 saturated carbocycles. The van der Waals surface area contributed by atoms with Crippen molar-refractivity contribution in [2.24, 2.45) is 0 Å². The summed E-state index contributed by atoms with van der Waals surface area (Å²) < 4.78 is 11.0. The average Bonchev–Trinajstić information content (AvgIpc) is 1.94. The van der Waals surface area contributed by atoms with Crippen LogP contribution in [0.25, 0.3) is 0 Å². The zero-order valence-electron chi connectivity index (χ0n) is 5.85. The van der Waals surface area contributed by atoms with E-state index >= 15 is 0 Å². The number of carboxylic acid groups (broad SMARTS) is 1. The first-order valence-corrected chi connectivity index (χ1v) is 3.87. The number of rotatable bonds is 1. The van der Waals surface area contributed by atoms with Gasteiger partial charge in [-0.2, -0.15) is 0 Å². The van der Waals surface area contributed by atoms with E-state index in [2.05, 4.69) is 0 Å². The average molecular weight is 211 g/mol. The quantitative estimate of drug-likeness (QED) is 0.676. The Morgan fingerprint density at radius 2 is 2.17 bits per heavy atom. The zero-order chi connectivity index (χ0) is 9.35. The van der Waals surface area contributed by atoms with Crippen molar-refractivity contribution in [3.05, 3.63) is 23.6 Å². The minimum atomic E-state index is -1.72. The number of aliphatic carboxylic acids is 1. The summed E-state index contributed by atoms with van der Waals surface area (Å²) in [5.74, 6) is -1.86. The molecule has 0 atom stereocenters. The molecule has 2 nitrogen and oxygen atoms in total. The molecular formula is C7H5Cl2FO2. The van der Waals surface area contributed by atoms with Crippen molar-refractivity contribution in [1.29, 1.82) is 0 Å². The highest BCUT2D eigenvalue weighted by molar-refractivity contribution is 6.50. The molecule has 0 aromatic heterocycles. The fourth-order valence-corrected chi connectivity index (χ4v) is 1.24. The van der Waals surface area contributed by atoms with Gasteiger partial charge in [-0.1, -0.05) is 23.2 Å². The molecule has 0 bridgehead atoms. The normalized spacial score (nSPS) is 21.2. The van der Waals surface area contributed by atoms with Gasteiger partial charge in [0.2, 0.25) is 0 Å². The molecule has 0 aliphatic heterocycles. The molecule has 0 aromatic carbocycles. The molecule has 0 amide bonds. The van der Waals surface area contributed by atoms with E-state index in [4.69, 9.17) is 28.3 Å². The van der Waals surface area contributed by atoms with Gasteiger partial charge in [0.1, 0.15) is 5.83 Å². The predicted molar refractivity (Wildman–Crippen MR) is 44.0 cm³/mol. The molecule has 0 heterocycles. The standard InChI is InChI=1S/C7H5Cl2FO2/c8-7(9)3-4(6(11)12)1-2-5(7)10/h1-2H,3H2,(H,11,12). The molecule has 1 N–H and O–H groups in total. The first kappa shape index (κ1) is 9.55. The van der Waals surface area contributed by atoms with Gasteiger partial charge in [0, 0.05) is 12.0 Å². The van der Waals surface area contributed by atoms with E-state index in [1.807, 2.05) is 0 Å². The number of hydrogen-bond acceptors (Lipinski definition) is 1. The molecule has 0 radical (unpaired) electrons. The maximum absolute atomic E-state index is 12.8. The topological polar surface area (TPSA) is 37.3 Å². The minimum Gasteiger partial charge on any atom is -0.478 e. The lowest BCUT2D eigenvalue weighted by Gasteiger charge is -2.20. The van der Waals surface area contributed by atoms with Gasteiger partial charge < -0.3 is 5.11 Å². The van der Waals surface area contributed by atoms with E-state index in [0.717, 1.165) is 12.2 Å². The Morgan fingerprint density at radius 3 is 2.58 bits per heavy atom. The molecule has 5 heteroatoms. The second-order valence-electron chi connectivity index (χ2n) is 2.39. The number of halogens is 3.